The number of hydrogen-bond acceptors (Lipinski definition) is 7. The Hall–Kier alpha value is -3.36. The predicted octanol–water partition coefficient (Wildman–Crippen LogP) is 5.87. The molecule has 6 nitrogen and oxygen atoms in total. The van der Waals surface area contributed by atoms with Gasteiger partial charge in [-0.1, -0.05) is 49.1 Å². The van der Waals surface area contributed by atoms with Gasteiger partial charge in [-0.25, -0.2) is 4.79 Å². The number of carbonyl (C=O) groups is 2. The molecule has 1 amide bonds. The standard InChI is InChI=1S/C25H21NO5S2/c1-3-16-7-10-18(11-8-16)26-23(27)22(33-25(26)32)15-17-9-12-19(21(14-17)29-4-2)31-24(28)20-6-5-13-30-20/h5-15H,3-4H2,1-2H3/b22-15-. The van der Waals surface area contributed by atoms with Crippen molar-refractivity contribution >= 4 is 51.9 Å². The van der Waals surface area contributed by atoms with Crippen LogP contribution in [0.4, 0.5) is 5.69 Å². The third-order valence-corrected chi connectivity index (χ3v) is 6.19. The summed E-state index contributed by atoms with van der Waals surface area (Å²) in [5, 5.41) is 0. The Kier molecular flexibility index (Phi) is 6.96. The van der Waals surface area contributed by atoms with Crippen LogP contribution in [0.25, 0.3) is 6.08 Å². The molecule has 1 aliphatic rings. The molecule has 4 rings (SSSR count). The van der Waals surface area contributed by atoms with E-state index in [1.54, 1.807) is 30.3 Å². The van der Waals surface area contributed by atoms with Crippen molar-refractivity contribution in [2.45, 2.75) is 20.3 Å². The smallest absolute Gasteiger partial charge is 0.379 e. The molecule has 3 aromatic rings. The van der Waals surface area contributed by atoms with E-state index in [0.29, 0.717) is 21.6 Å². The van der Waals surface area contributed by atoms with Gasteiger partial charge >= 0.3 is 5.97 Å². The molecule has 0 saturated carbocycles. The maximum Gasteiger partial charge on any atom is 0.379 e. The minimum absolute atomic E-state index is 0.0946. The van der Waals surface area contributed by atoms with Gasteiger partial charge in [0.05, 0.1) is 23.5 Å². The lowest BCUT2D eigenvalue weighted by Gasteiger charge is -2.14. The van der Waals surface area contributed by atoms with Gasteiger partial charge in [-0.3, -0.25) is 9.69 Å². The molecule has 0 spiro atoms. The highest BCUT2D eigenvalue weighted by atomic mass is 32.2. The van der Waals surface area contributed by atoms with E-state index in [2.05, 4.69) is 6.92 Å². The number of furan rings is 1. The third kappa shape index (κ3) is 5.02. The van der Waals surface area contributed by atoms with Crippen molar-refractivity contribution in [3.05, 3.63) is 82.7 Å². The summed E-state index contributed by atoms with van der Waals surface area (Å²) in [6, 6.07) is 16.0. The number of esters is 1. The predicted molar refractivity (Wildman–Crippen MR) is 133 cm³/mol. The van der Waals surface area contributed by atoms with Crippen LogP contribution >= 0.6 is 24.0 Å². The molecule has 33 heavy (non-hydrogen) atoms. The van der Waals surface area contributed by atoms with Gasteiger partial charge in [-0.05, 0) is 66.9 Å². The number of thiocarbonyl (C=S) groups is 1. The van der Waals surface area contributed by atoms with Crippen molar-refractivity contribution < 1.29 is 23.5 Å². The van der Waals surface area contributed by atoms with Gasteiger partial charge in [-0.2, -0.15) is 0 Å². The highest BCUT2D eigenvalue weighted by Gasteiger charge is 2.33. The molecular formula is C25H21NO5S2. The van der Waals surface area contributed by atoms with E-state index >= 15 is 0 Å². The van der Waals surface area contributed by atoms with Crippen LogP contribution in [0, 0.1) is 0 Å². The molecule has 2 aromatic carbocycles. The quantitative estimate of drug-likeness (QED) is 0.182. The molecule has 0 atom stereocenters. The molecular weight excluding hydrogens is 458 g/mol. The van der Waals surface area contributed by atoms with Gasteiger partial charge in [0.25, 0.3) is 5.91 Å². The van der Waals surface area contributed by atoms with E-state index in [1.807, 2.05) is 31.2 Å². The molecule has 1 aromatic heterocycles. The fraction of sp³-hybridized carbons (Fsp3) is 0.160. The Morgan fingerprint density at radius 1 is 1.12 bits per heavy atom. The first-order chi connectivity index (χ1) is 16.0. The van der Waals surface area contributed by atoms with Crippen LogP contribution in [0.3, 0.4) is 0 Å². The number of amides is 1. The van der Waals surface area contributed by atoms with Crippen LogP contribution in [0.2, 0.25) is 0 Å². The Morgan fingerprint density at radius 2 is 1.91 bits per heavy atom. The second-order valence-corrected chi connectivity index (χ2v) is 8.72. The van der Waals surface area contributed by atoms with Crippen LogP contribution in [0.15, 0.2) is 70.2 Å². The molecule has 0 bridgehead atoms. The SMILES string of the molecule is CCOc1cc(/C=C2\SC(=S)N(c3ccc(CC)cc3)C2=O)ccc1OC(=O)c1ccco1. The summed E-state index contributed by atoms with van der Waals surface area (Å²) >= 11 is 6.71. The topological polar surface area (TPSA) is 69.0 Å². The Labute approximate surface area is 201 Å². The number of nitrogens with zero attached hydrogens (tertiary/aromatic N) is 1. The highest BCUT2D eigenvalue weighted by Crippen LogP contribution is 2.37. The second-order valence-electron chi connectivity index (χ2n) is 7.04. The number of thioether (sulfide) groups is 1. The van der Waals surface area contributed by atoms with Crippen molar-refractivity contribution in [1.82, 2.24) is 0 Å². The number of rotatable bonds is 7. The summed E-state index contributed by atoms with van der Waals surface area (Å²) in [5.74, 6) is -0.0582. The first-order valence-electron chi connectivity index (χ1n) is 10.4. The van der Waals surface area contributed by atoms with E-state index < -0.39 is 5.97 Å². The summed E-state index contributed by atoms with van der Waals surface area (Å²) in [6.45, 7) is 4.29. The lowest BCUT2D eigenvalue weighted by Crippen LogP contribution is -2.27. The van der Waals surface area contributed by atoms with Gasteiger partial charge in [0.2, 0.25) is 5.76 Å². The van der Waals surface area contributed by atoms with Gasteiger partial charge < -0.3 is 13.9 Å². The van der Waals surface area contributed by atoms with Crippen molar-refractivity contribution in [1.29, 1.82) is 0 Å². The number of anilines is 1. The zero-order valence-electron chi connectivity index (χ0n) is 18.1. The van der Waals surface area contributed by atoms with Crippen molar-refractivity contribution in [2.24, 2.45) is 0 Å². The van der Waals surface area contributed by atoms with Gasteiger partial charge in [0.15, 0.2) is 15.8 Å². The summed E-state index contributed by atoms with van der Waals surface area (Å²) in [7, 11) is 0. The number of aryl methyl sites for hydroxylation is 1. The van der Waals surface area contributed by atoms with Crippen molar-refractivity contribution in [3.8, 4) is 11.5 Å². The van der Waals surface area contributed by atoms with Crippen LogP contribution < -0.4 is 14.4 Å². The molecule has 0 N–H and O–H groups in total. The molecule has 0 radical (unpaired) electrons. The number of hydrogen-bond donors (Lipinski definition) is 0. The molecule has 2 heterocycles. The maximum absolute atomic E-state index is 13.1. The average molecular weight is 480 g/mol. The Balaban J connectivity index is 1.57. The number of ether oxygens (including phenoxy) is 2. The second kappa shape index (κ2) is 10.1. The minimum Gasteiger partial charge on any atom is -0.490 e. The molecule has 0 aliphatic carbocycles. The van der Waals surface area contributed by atoms with Gasteiger partial charge in [0.1, 0.15) is 0 Å². The molecule has 0 unspecified atom stereocenters. The van der Waals surface area contributed by atoms with Crippen LogP contribution in [0.1, 0.15) is 35.5 Å². The fourth-order valence-electron chi connectivity index (χ4n) is 3.23. The van der Waals surface area contributed by atoms with Gasteiger partial charge in [0, 0.05) is 0 Å². The van der Waals surface area contributed by atoms with Crippen LogP contribution in [-0.2, 0) is 11.2 Å². The first kappa shape index (κ1) is 22.8. The van der Waals surface area contributed by atoms with Crippen molar-refractivity contribution in [3.63, 3.8) is 0 Å². The largest absolute Gasteiger partial charge is 0.490 e. The van der Waals surface area contributed by atoms with E-state index in [-0.39, 0.29) is 17.4 Å². The number of carbonyl (C=O) groups excluding carboxylic acids is 2. The summed E-state index contributed by atoms with van der Waals surface area (Å²) < 4.78 is 16.6. The van der Waals surface area contributed by atoms with Crippen LogP contribution in [0.5, 0.6) is 11.5 Å². The zero-order valence-corrected chi connectivity index (χ0v) is 19.7. The lowest BCUT2D eigenvalue weighted by atomic mass is 10.1. The number of benzene rings is 2. The van der Waals surface area contributed by atoms with E-state index in [1.165, 1.54) is 34.6 Å². The highest BCUT2D eigenvalue weighted by molar-refractivity contribution is 8.27. The normalized spacial score (nSPS) is 14.7. The molecule has 8 heteroatoms. The molecule has 1 fully saturated rings. The lowest BCUT2D eigenvalue weighted by molar-refractivity contribution is -0.113. The Morgan fingerprint density at radius 3 is 2.58 bits per heavy atom. The monoisotopic (exact) mass is 479 g/mol. The Bertz CT molecular complexity index is 1220. The summed E-state index contributed by atoms with van der Waals surface area (Å²) in [6.07, 6.45) is 4.07. The maximum atomic E-state index is 13.1. The molecule has 1 saturated heterocycles. The summed E-state index contributed by atoms with van der Waals surface area (Å²) in [5.41, 5.74) is 2.65. The molecule has 168 valence electrons. The van der Waals surface area contributed by atoms with E-state index in [0.717, 1.165) is 17.7 Å². The van der Waals surface area contributed by atoms with Crippen molar-refractivity contribution in [2.75, 3.05) is 11.5 Å². The summed E-state index contributed by atoms with van der Waals surface area (Å²) in [4.78, 5) is 27.3. The first-order valence-corrected chi connectivity index (χ1v) is 11.6. The average Bonchev–Trinajstić information content (AvgIpc) is 3.44. The van der Waals surface area contributed by atoms with E-state index in [4.69, 9.17) is 26.1 Å². The zero-order chi connectivity index (χ0) is 23.4. The van der Waals surface area contributed by atoms with E-state index in [9.17, 15) is 9.59 Å². The third-order valence-electron chi connectivity index (χ3n) is 4.89. The van der Waals surface area contributed by atoms with Gasteiger partial charge in [-0.15, -0.1) is 0 Å². The molecule has 1 aliphatic heterocycles. The fourth-order valence-corrected chi connectivity index (χ4v) is 4.53. The van der Waals surface area contributed by atoms with Crippen LogP contribution in [-0.4, -0.2) is 22.8 Å². The minimum atomic E-state index is -0.622.